The molecule has 0 bridgehead atoms. The van der Waals surface area contributed by atoms with E-state index in [2.05, 4.69) is 34.0 Å². The molecule has 3 aromatic rings. The molecule has 2 aromatic carbocycles. The van der Waals surface area contributed by atoms with Gasteiger partial charge >= 0.3 is 0 Å². The van der Waals surface area contributed by atoms with Gasteiger partial charge in [0.15, 0.2) is 0 Å². The van der Waals surface area contributed by atoms with Crippen LogP contribution in [0.3, 0.4) is 0 Å². The third-order valence-electron chi connectivity index (χ3n) is 5.00. The van der Waals surface area contributed by atoms with E-state index in [0.29, 0.717) is 28.8 Å². The molecule has 0 atom stereocenters. The number of allylic oxidation sites excluding steroid dienone is 1. The number of aromatic nitrogens is 2. The minimum absolute atomic E-state index is 0.379. The summed E-state index contributed by atoms with van der Waals surface area (Å²) in [5.41, 5.74) is 10.1. The van der Waals surface area contributed by atoms with E-state index >= 15 is 0 Å². The molecular weight excluding hydrogens is 404 g/mol. The Kier molecular flexibility index (Phi) is 7.62. The molecule has 8 nitrogen and oxygen atoms in total. The third-order valence-corrected chi connectivity index (χ3v) is 5.00. The van der Waals surface area contributed by atoms with Crippen LogP contribution in [0.5, 0.6) is 11.5 Å². The molecule has 0 spiro atoms. The second-order valence-corrected chi connectivity index (χ2v) is 7.53. The third kappa shape index (κ3) is 5.33. The zero-order valence-corrected chi connectivity index (χ0v) is 18.9. The van der Waals surface area contributed by atoms with E-state index in [1.165, 1.54) is 12.4 Å². The van der Waals surface area contributed by atoms with Crippen molar-refractivity contribution >= 4 is 34.2 Å². The average molecular weight is 435 g/mol. The molecule has 4 N–H and O–H groups in total. The second-order valence-electron chi connectivity index (χ2n) is 7.53. The highest BCUT2D eigenvalue weighted by Crippen LogP contribution is 2.33. The van der Waals surface area contributed by atoms with Crippen LogP contribution in [-0.4, -0.2) is 49.5 Å². The van der Waals surface area contributed by atoms with E-state index in [0.717, 1.165) is 35.5 Å². The normalized spacial score (nSPS) is 11.6. The lowest BCUT2D eigenvalue weighted by Gasteiger charge is -2.27. The highest BCUT2D eigenvalue weighted by molar-refractivity contribution is 6.07. The maximum Gasteiger partial charge on any atom is 0.124 e. The maximum atomic E-state index is 7.54. The lowest BCUT2D eigenvalue weighted by atomic mass is 10.1. The van der Waals surface area contributed by atoms with Crippen LogP contribution in [0.4, 0.5) is 11.4 Å². The summed E-state index contributed by atoms with van der Waals surface area (Å²) < 4.78 is 11.0. The Morgan fingerprint density at radius 1 is 1.09 bits per heavy atom. The van der Waals surface area contributed by atoms with Gasteiger partial charge in [-0.1, -0.05) is 13.8 Å². The van der Waals surface area contributed by atoms with Crippen molar-refractivity contribution in [2.45, 2.75) is 19.9 Å². The number of nitrogens with two attached hydrogens (primary N) is 1. The van der Waals surface area contributed by atoms with Crippen molar-refractivity contribution in [3.63, 3.8) is 0 Å². The average Bonchev–Trinajstić information content (AvgIpc) is 2.81. The molecule has 0 fully saturated rings. The fourth-order valence-electron chi connectivity index (χ4n) is 3.33. The Morgan fingerprint density at radius 3 is 2.41 bits per heavy atom. The second kappa shape index (κ2) is 10.6. The van der Waals surface area contributed by atoms with Gasteiger partial charge in [0.2, 0.25) is 0 Å². The summed E-state index contributed by atoms with van der Waals surface area (Å²) in [6.07, 6.45) is 4.16. The summed E-state index contributed by atoms with van der Waals surface area (Å²) >= 11 is 0. The standard InChI is InChI=1S/C24H30N6O2/c1-16(2)27-7-8-30(19-9-20(31-3)12-21(10-19)32-4)18-5-6-22-23(11-18)29-24(15-28-22)17(13-25)14-26/h5-6,9-16,25,27H,7-8,26H2,1-4H3/b17-14+,25-13?. The van der Waals surface area contributed by atoms with Crippen LogP contribution in [0.25, 0.3) is 16.6 Å². The molecule has 1 heterocycles. The van der Waals surface area contributed by atoms with Crippen molar-refractivity contribution in [1.82, 2.24) is 15.3 Å². The fourth-order valence-corrected chi connectivity index (χ4v) is 3.33. The van der Waals surface area contributed by atoms with E-state index in [4.69, 9.17) is 20.6 Å². The number of nitrogens with zero attached hydrogens (tertiary/aromatic N) is 3. The van der Waals surface area contributed by atoms with E-state index in [1.807, 2.05) is 36.4 Å². The lowest BCUT2D eigenvalue weighted by molar-refractivity contribution is 0.394. The summed E-state index contributed by atoms with van der Waals surface area (Å²) in [7, 11) is 3.28. The van der Waals surface area contributed by atoms with Gasteiger partial charge in [-0.3, -0.25) is 4.98 Å². The minimum atomic E-state index is 0.379. The molecule has 0 aliphatic rings. The highest BCUT2D eigenvalue weighted by atomic mass is 16.5. The number of hydrogen-bond acceptors (Lipinski definition) is 8. The smallest absolute Gasteiger partial charge is 0.124 e. The van der Waals surface area contributed by atoms with E-state index in [9.17, 15) is 0 Å². The number of anilines is 2. The van der Waals surface area contributed by atoms with Crippen molar-refractivity contribution in [3.05, 3.63) is 54.5 Å². The van der Waals surface area contributed by atoms with Crippen molar-refractivity contribution in [1.29, 1.82) is 5.41 Å². The van der Waals surface area contributed by atoms with Crippen LogP contribution in [0, 0.1) is 5.41 Å². The van der Waals surface area contributed by atoms with Crippen molar-refractivity contribution in [2.75, 3.05) is 32.2 Å². The maximum absolute atomic E-state index is 7.54. The van der Waals surface area contributed by atoms with Crippen molar-refractivity contribution in [2.24, 2.45) is 5.73 Å². The number of methoxy groups -OCH3 is 2. The van der Waals surface area contributed by atoms with Crippen LogP contribution >= 0.6 is 0 Å². The first-order valence-electron chi connectivity index (χ1n) is 10.4. The number of nitrogens with one attached hydrogen (secondary N) is 2. The first-order chi connectivity index (χ1) is 15.5. The number of ether oxygens (including phenoxy) is 2. The summed E-state index contributed by atoms with van der Waals surface area (Å²) in [5, 5.41) is 11.0. The van der Waals surface area contributed by atoms with E-state index in [-0.39, 0.29) is 0 Å². The van der Waals surface area contributed by atoms with Gasteiger partial charge in [-0.25, -0.2) is 4.98 Å². The zero-order chi connectivity index (χ0) is 23.1. The minimum Gasteiger partial charge on any atom is -0.497 e. The highest BCUT2D eigenvalue weighted by Gasteiger charge is 2.14. The summed E-state index contributed by atoms with van der Waals surface area (Å²) in [4.78, 5) is 11.3. The van der Waals surface area contributed by atoms with Crippen molar-refractivity contribution in [3.8, 4) is 11.5 Å². The Bertz CT molecular complexity index is 1090. The van der Waals surface area contributed by atoms with Crippen LogP contribution in [-0.2, 0) is 0 Å². The number of fused-ring (bicyclic) bond motifs is 1. The lowest BCUT2D eigenvalue weighted by Crippen LogP contribution is -2.32. The van der Waals surface area contributed by atoms with Gasteiger partial charge < -0.3 is 30.8 Å². The van der Waals surface area contributed by atoms with Gasteiger partial charge in [-0.05, 0) is 18.2 Å². The zero-order valence-electron chi connectivity index (χ0n) is 18.9. The molecule has 0 aliphatic carbocycles. The molecule has 0 saturated carbocycles. The Labute approximate surface area is 188 Å². The van der Waals surface area contributed by atoms with Gasteiger partial charge in [0.1, 0.15) is 11.5 Å². The van der Waals surface area contributed by atoms with Crippen LogP contribution in [0.1, 0.15) is 19.5 Å². The molecular formula is C24H30N6O2. The summed E-state index contributed by atoms with van der Waals surface area (Å²) in [6, 6.07) is 12.1. The Hall–Kier alpha value is -3.65. The quantitative estimate of drug-likeness (QED) is 0.417. The molecule has 0 saturated heterocycles. The largest absolute Gasteiger partial charge is 0.497 e. The molecule has 0 aliphatic heterocycles. The number of benzene rings is 2. The van der Waals surface area contributed by atoms with Gasteiger partial charge in [-0.15, -0.1) is 0 Å². The monoisotopic (exact) mass is 434 g/mol. The van der Waals surface area contributed by atoms with Crippen LogP contribution < -0.4 is 25.4 Å². The molecule has 0 radical (unpaired) electrons. The first-order valence-corrected chi connectivity index (χ1v) is 10.4. The van der Waals surface area contributed by atoms with Gasteiger partial charge in [-0.2, -0.15) is 0 Å². The van der Waals surface area contributed by atoms with Crippen LogP contribution in [0.2, 0.25) is 0 Å². The topological polar surface area (TPSA) is 109 Å². The van der Waals surface area contributed by atoms with Gasteiger partial charge in [0.25, 0.3) is 0 Å². The predicted molar refractivity (Wildman–Crippen MR) is 130 cm³/mol. The molecule has 1 aromatic heterocycles. The summed E-state index contributed by atoms with van der Waals surface area (Å²) in [5.74, 6) is 1.43. The first kappa shape index (κ1) is 23.0. The molecule has 32 heavy (non-hydrogen) atoms. The Morgan fingerprint density at radius 2 is 1.81 bits per heavy atom. The molecule has 3 rings (SSSR count). The van der Waals surface area contributed by atoms with Gasteiger partial charge in [0, 0.05) is 66.7 Å². The van der Waals surface area contributed by atoms with Crippen molar-refractivity contribution < 1.29 is 9.47 Å². The predicted octanol–water partition coefficient (Wildman–Crippen LogP) is 3.73. The SMILES string of the molecule is COc1cc(OC)cc(N(CCNC(C)C)c2ccc3ncc(/C(C=N)=C/N)nc3c2)c1. The molecule has 0 unspecified atom stereocenters. The Balaban J connectivity index is 2.08. The summed E-state index contributed by atoms with van der Waals surface area (Å²) in [6.45, 7) is 5.76. The molecule has 0 amide bonds. The number of hydrogen-bond donors (Lipinski definition) is 3. The molecule has 8 heteroatoms. The van der Waals surface area contributed by atoms with Gasteiger partial charge in [0.05, 0.1) is 37.1 Å². The van der Waals surface area contributed by atoms with Crippen LogP contribution in [0.15, 0.2) is 48.8 Å². The van der Waals surface area contributed by atoms with E-state index in [1.54, 1.807) is 20.4 Å². The fraction of sp³-hybridized carbons (Fsp3) is 0.292. The van der Waals surface area contributed by atoms with E-state index < -0.39 is 0 Å². The number of rotatable bonds is 10. The molecule has 168 valence electrons.